The van der Waals surface area contributed by atoms with Gasteiger partial charge in [-0.15, -0.1) is 0 Å². The number of nitrogens with zero attached hydrogens (tertiary/aromatic N) is 1. The fourth-order valence-electron chi connectivity index (χ4n) is 1.99. The number of nitrogens with one attached hydrogen (secondary N) is 1. The van der Waals surface area contributed by atoms with Gasteiger partial charge in [0.2, 0.25) is 11.7 Å². The molecule has 0 bridgehead atoms. The van der Waals surface area contributed by atoms with Crippen LogP contribution < -0.4 is 11.1 Å². The first kappa shape index (κ1) is 12.6. The fraction of sp³-hybridized carbons (Fsp3) is 0.455. The molecule has 1 aromatic rings. The van der Waals surface area contributed by atoms with Crippen molar-refractivity contribution < 1.29 is 19.1 Å². The van der Waals surface area contributed by atoms with Gasteiger partial charge in [-0.3, -0.25) is 9.69 Å². The summed E-state index contributed by atoms with van der Waals surface area (Å²) in [5.41, 5.74) is 5.32. The number of hydrogen-bond donors (Lipinski definition) is 3. The number of aromatic carboxylic acids is 1. The maximum Gasteiger partial charge on any atom is 0.371 e. The Bertz CT molecular complexity index is 457. The van der Waals surface area contributed by atoms with Crippen LogP contribution >= 0.6 is 0 Å². The van der Waals surface area contributed by atoms with Crippen molar-refractivity contribution in [3.05, 3.63) is 23.7 Å². The van der Waals surface area contributed by atoms with E-state index in [9.17, 15) is 9.59 Å². The van der Waals surface area contributed by atoms with Crippen molar-refractivity contribution in [2.24, 2.45) is 5.73 Å². The molecule has 1 aliphatic heterocycles. The number of carboxylic acids is 1. The lowest BCUT2D eigenvalue weighted by Gasteiger charge is -2.33. The molecule has 1 atom stereocenters. The van der Waals surface area contributed by atoms with Crippen LogP contribution in [0, 0.1) is 0 Å². The van der Waals surface area contributed by atoms with Gasteiger partial charge >= 0.3 is 5.97 Å². The lowest BCUT2D eigenvalue weighted by Crippen LogP contribution is -2.56. The van der Waals surface area contributed by atoms with Crippen LogP contribution in [0.25, 0.3) is 0 Å². The van der Waals surface area contributed by atoms with Crippen molar-refractivity contribution in [3.63, 3.8) is 0 Å². The first-order valence-electron chi connectivity index (χ1n) is 5.64. The zero-order valence-corrected chi connectivity index (χ0v) is 9.76. The molecular formula is C11H15N3O4. The van der Waals surface area contributed by atoms with Crippen LogP contribution in [0.1, 0.15) is 16.3 Å². The average Bonchev–Trinajstić information content (AvgIpc) is 2.78. The third-order valence-electron chi connectivity index (χ3n) is 2.91. The molecule has 2 heterocycles. The fourth-order valence-corrected chi connectivity index (χ4v) is 1.99. The van der Waals surface area contributed by atoms with Gasteiger partial charge in [-0.05, 0) is 12.1 Å². The Morgan fingerprint density at radius 2 is 2.33 bits per heavy atom. The highest BCUT2D eigenvalue weighted by Gasteiger charge is 2.27. The van der Waals surface area contributed by atoms with E-state index in [0.29, 0.717) is 25.4 Å². The number of hydrogen-bond acceptors (Lipinski definition) is 5. The molecule has 1 unspecified atom stereocenters. The van der Waals surface area contributed by atoms with Crippen LogP contribution in [0.2, 0.25) is 0 Å². The summed E-state index contributed by atoms with van der Waals surface area (Å²) in [6.07, 6.45) is 0. The predicted octanol–water partition coefficient (Wildman–Crippen LogP) is -0.763. The Labute approximate surface area is 104 Å². The SMILES string of the molecule is NC(=O)C1CNCCN1Cc1ccc(C(=O)O)o1. The van der Waals surface area contributed by atoms with E-state index in [1.54, 1.807) is 6.07 Å². The summed E-state index contributed by atoms with van der Waals surface area (Å²) in [6.45, 7) is 2.30. The molecule has 7 nitrogen and oxygen atoms in total. The Hall–Kier alpha value is -1.86. The molecule has 7 heteroatoms. The smallest absolute Gasteiger partial charge is 0.371 e. The number of carbonyl (C=O) groups is 2. The van der Waals surface area contributed by atoms with Crippen molar-refractivity contribution in [2.45, 2.75) is 12.6 Å². The zero-order chi connectivity index (χ0) is 13.1. The summed E-state index contributed by atoms with van der Waals surface area (Å²) in [6, 6.07) is 2.61. The summed E-state index contributed by atoms with van der Waals surface area (Å²) in [4.78, 5) is 23.9. The third-order valence-corrected chi connectivity index (χ3v) is 2.91. The number of primary amides is 1. The molecule has 4 N–H and O–H groups in total. The quantitative estimate of drug-likeness (QED) is 0.650. The molecule has 0 spiro atoms. The van der Waals surface area contributed by atoms with Gasteiger partial charge in [0.15, 0.2) is 0 Å². The lowest BCUT2D eigenvalue weighted by molar-refractivity contribution is -0.124. The topological polar surface area (TPSA) is 109 Å². The van der Waals surface area contributed by atoms with Gasteiger partial charge < -0.3 is 20.6 Å². The number of piperazine rings is 1. The molecule has 0 aliphatic carbocycles. The molecule has 2 rings (SSSR count). The largest absolute Gasteiger partial charge is 0.475 e. The Morgan fingerprint density at radius 3 is 2.94 bits per heavy atom. The van der Waals surface area contributed by atoms with Crippen molar-refractivity contribution in [2.75, 3.05) is 19.6 Å². The van der Waals surface area contributed by atoms with Crippen molar-refractivity contribution in [1.82, 2.24) is 10.2 Å². The summed E-state index contributed by atoms with van der Waals surface area (Å²) in [7, 11) is 0. The van der Waals surface area contributed by atoms with Gasteiger partial charge in [0, 0.05) is 19.6 Å². The lowest BCUT2D eigenvalue weighted by atomic mass is 10.1. The van der Waals surface area contributed by atoms with Crippen LogP contribution in [0.5, 0.6) is 0 Å². The summed E-state index contributed by atoms with van der Waals surface area (Å²) >= 11 is 0. The molecule has 98 valence electrons. The maximum absolute atomic E-state index is 11.3. The van der Waals surface area contributed by atoms with Gasteiger partial charge in [-0.1, -0.05) is 0 Å². The van der Waals surface area contributed by atoms with Crippen LogP contribution in [0.3, 0.4) is 0 Å². The number of carboxylic acid groups (broad SMARTS) is 1. The van der Waals surface area contributed by atoms with Gasteiger partial charge in [0.05, 0.1) is 6.54 Å². The highest BCUT2D eigenvalue weighted by molar-refractivity contribution is 5.84. The number of furan rings is 1. The van der Waals surface area contributed by atoms with Crippen LogP contribution in [-0.4, -0.2) is 47.6 Å². The number of nitrogens with two attached hydrogens (primary N) is 1. The summed E-state index contributed by atoms with van der Waals surface area (Å²) < 4.78 is 5.16. The summed E-state index contributed by atoms with van der Waals surface area (Å²) in [5, 5.41) is 11.8. The molecule has 1 fully saturated rings. The molecule has 0 aromatic carbocycles. The third kappa shape index (κ3) is 2.69. The molecule has 1 aromatic heterocycles. The van der Waals surface area contributed by atoms with Crippen LogP contribution in [0.15, 0.2) is 16.5 Å². The van der Waals surface area contributed by atoms with Crippen LogP contribution in [0.4, 0.5) is 0 Å². The van der Waals surface area contributed by atoms with Crippen LogP contribution in [-0.2, 0) is 11.3 Å². The molecule has 1 aliphatic rings. The Kier molecular flexibility index (Phi) is 3.63. The normalized spacial score (nSPS) is 20.8. The van der Waals surface area contributed by atoms with Crippen molar-refractivity contribution >= 4 is 11.9 Å². The molecule has 1 saturated heterocycles. The average molecular weight is 253 g/mol. The van der Waals surface area contributed by atoms with E-state index in [1.165, 1.54) is 6.07 Å². The van der Waals surface area contributed by atoms with Gasteiger partial charge in [0.25, 0.3) is 0 Å². The minimum Gasteiger partial charge on any atom is -0.475 e. The molecule has 0 radical (unpaired) electrons. The van der Waals surface area contributed by atoms with E-state index in [1.807, 2.05) is 4.90 Å². The second kappa shape index (κ2) is 5.19. The Morgan fingerprint density at radius 1 is 1.56 bits per heavy atom. The molecular weight excluding hydrogens is 238 g/mol. The number of carbonyl (C=O) groups excluding carboxylic acids is 1. The van der Waals surface area contributed by atoms with E-state index in [0.717, 1.165) is 6.54 Å². The number of amides is 1. The molecule has 18 heavy (non-hydrogen) atoms. The van der Waals surface area contributed by atoms with E-state index in [2.05, 4.69) is 5.32 Å². The minimum atomic E-state index is -1.10. The van der Waals surface area contributed by atoms with E-state index in [-0.39, 0.29) is 5.76 Å². The Balaban J connectivity index is 2.06. The van der Waals surface area contributed by atoms with Crippen molar-refractivity contribution in [1.29, 1.82) is 0 Å². The second-order valence-corrected chi connectivity index (χ2v) is 4.16. The van der Waals surface area contributed by atoms with E-state index < -0.39 is 17.9 Å². The molecule has 0 saturated carbocycles. The first-order valence-corrected chi connectivity index (χ1v) is 5.64. The minimum absolute atomic E-state index is 0.101. The van der Waals surface area contributed by atoms with E-state index in [4.69, 9.17) is 15.3 Å². The maximum atomic E-state index is 11.3. The van der Waals surface area contributed by atoms with Gasteiger partial charge in [-0.2, -0.15) is 0 Å². The predicted molar refractivity (Wildman–Crippen MR) is 61.9 cm³/mol. The van der Waals surface area contributed by atoms with E-state index >= 15 is 0 Å². The standard InChI is InChI=1S/C11H15N3O4/c12-10(15)8-5-13-3-4-14(8)6-7-1-2-9(18-7)11(16)17/h1-2,8,13H,3-6H2,(H2,12,15)(H,16,17). The first-order chi connectivity index (χ1) is 8.58. The van der Waals surface area contributed by atoms with Gasteiger partial charge in [-0.25, -0.2) is 4.79 Å². The van der Waals surface area contributed by atoms with Gasteiger partial charge in [0.1, 0.15) is 11.8 Å². The highest BCUT2D eigenvalue weighted by atomic mass is 16.4. The summed E-state index contributed by atoms with van der Waals surface area (Å²) in [5.74, 6) is -1.09. The zero-order valence-electron chi connectivity index (χ0n) is 9.76. The number of rotatable bonds is 4. The molecule has 1 amide bonds. The second-order valence-electron chi connectivity index (χ2n) is 4.16. The highest BCUT2D eigenvalue weighted by Crippen LogP contribution is 2.13. The monoisotopic (exact) mass is 253 g/mol. The van der Waals surface area contributed by atoms with Crippen molar-refractivity contribution in [3.8, 4) is 0 Å².